The molecule has 1 rings (SSSR count). The summed E-state index contributed by atoms with van der Waals surface area (Å²) in [5.74, 6) is 1.17. The number of hydrogen-bond acceptors (Lipinski definition) is 2. The quantitative estimate of drug-likeness (QED) is 0.290. The maximum atomic E-state index is 13.0. The Morgan fingerprint density at radius 2 is 1.41 bits per heavy atom. The van der Waals surface area contributed by atoms with Crippen molar-refractivity contribution in [2.24, 2.45) is 10.8 Å². The van der Waals surface area contributed by atoms with Gasteiger partial charge in [-0.1, -0.05) is 85.8 Å². The predicted octanol–water partition coefficient (Wildman–Crippen LogP) is 7.91. The summed E-state index contributed by atoms with van der Waals surface area (Å²) in [7, 11) is 0. The molecule has 0 bridgehead atoms. The zero-order chi connectivity index (χ0) is 20.5. The average molecular weight is 375 g/mol. The molecule has 0 amide bonds. The second-order valence-electron chi connectivity index (χ2n) is 9.27. The van der Waals surface area contributed by atoms with Crippen LogP contribution in [0.2, 0.25) is 0 Å². The van der Waals surface area contributed by atoms with Crippen molar-refractivity contribution in [2.75, 3.05) is 0 Å². The van der Waals surface area contributed by atoms with Gasteiger partial charge in [0.15, 0.2) is 0 Å². The van der Waals surface area contributed by atoms with Crippen molar-refractivity contribution in [3.05, 3.63) is 29.8 Å². The smallest absolute Gasteiger partial charge is 0.317 e. The van der Waals surface area contributed by atoms with Crippen LogP contribution in [0.3, 0.4) is 0 Å². The number of unbranched alkanes of at least 4 members (excludes halogenated alkanes) is 2. The van der Waals surface area contributed by atoms with E-state index in [0.717, 1.165) is 12.8 Å². The maximum Gasteiger partial charge on any atom is 0.317 e. The summed E-state index contributed by atoms with van der Waals surface area (Å²) in [4.78, 5) is 13.0. The van der Waals surface area contributed by atoms with E-state index in [4.69, 9.17) is 4.74 Å². The normalized spacial score (nSPS) is 14.2. The van der Waals surface area contributed by atoms with Crippen LogP contribution in [0.1, 0.15) is 111 Å². The molecule has 1 aromatic rings. The Kier molecular flexibility index (Phi) is 9.56. The summed E-state index contributed by atoms with van der Waals surface area (Å²) in [6.45, 7) is 15.0. The van der Waals surface area contributed by atoms with Gasteiger partial charge in [-0.05, 0) is 55.2 Å². The first-order chi connectivity index (χ1) is 12.7. The van der Waals surface area contributed by atoms with Gasteiger partial charge in [0, 0.05) is 0 Å². The third kappa shape index (κ3) is 6.66. The Hall–Kier alpha value is -1.31. The van der Waals surface area contributed by atoms with Gasteiger partial charge in [-0.2, -0.15) is 0 Å². The highest BCUT2D eigenvalue weighted by Crippen LogP contribution is 2.43. The van der Waals surface area contributed by atoms with E-state index in [1.807, 2.05) is 19.1 Å². The van der Waals surface area contributed by atoms with E-state index in [-0.39, 0.29) is 11.4 Å². The Morgan fingerprint density at radius 3 is 1.81 bits per heavy atom. The van der Waals surface area contributed by atoms with Crippen molar-refractivity contribution in [3.8, 4) is 5.75 Å². The van der Waals surface area contributed by atoms with Gasteiger partial charge in [-0.25, -0.2) is 0 Å². The van der Waals surface area contributed by atoms with E-state index in [9.17, 15) is 4.79 Å². The van der Waals surface area contributed by atoms with E-state index < -0.39 is 5.41 Å². The molecule has 0 saturated carbocycles. The molecular formula is C25H42O2. The zero-order valence-electron chi connectivity index (χ0n) is 18.9. The minimum absolute atomic E-state index is 0.113. The minimum Gasteiger partial charge on any atom is -0.426 e. The van der Waals surface area contributed by atoms with Gasteiger partial charge in [0.2, 0.25) is 0 Å². The topological polar surface area (TPSA) is 26.3 Å². The molecule has 0 N–H and O–H groups in total. The highest BCUT2D eigenvalue weighted by Gasteiger charge is 2.45. The number of benzene rings is 1. The van der Waals surface area contributed by atoms with Gasteiger partial charge in [-0.3, -0.25) is 4.79 Å². The van der Waals surface area contributed by atoms with Crippen LogP contribution >= 0.6 is 0 Å². The van der Waals surface area contributed by atoms with Crippen LogP contribution in [0.15, 0.2) is 24.3 Å². The Bertz CT molecular complexity index is 545. The summed E-state index contributed by atoms with van der Waals surface area (Å²) >= 11 is 0. The highest BCUT2D eigenvalue weighted by atomic mass is 16.5. The van der Waals surface area contributed by atoms with E-state index in [1.165, 1.54) is 44.1 Å². The summed E-state index contributed by atoms with van der Waals surface area (Å²) in [5.41, 5.74) is 0.764. The molecule has 0 fully saturated rings. The van der Waals surface area contributed by atoms with Gasteiger partial charge < -0.3 is 4.74 Å². The maximum absolute atomic E-state index is 13.0. The minimum atomic E-state index is -0.481. The van der Waals surface area contributed by atoms with Gasteiger partial charge >= 0.3 is 5.97 Å². The zero-order valence-corrected chi connectivity index (χ0v) is 18.9. The molecule has 0 saturated heterocycles. The van der Waals surface area contributed by atoms with E-state index >= 15 is 0 Å². The van der Waals surface area contributed by atoms with Crippen LogP contribution in [-0.2, 0) is 4.79 Å². The van der Waals surface area contributed by atoms with Crippen molar-refractivity contribution in [1.29, 1.82) is 0 Å². The molecule has 1 aromatic carbocycles. The first-order valence-corrected chi connectivity index (χ1v) is 11.0. The highest BCUT2D eigenvalue weighted by molar-refractivity contribution is 5.79. The monoisotopic (exact) mass is 374 g/mol. The van der Waals surface area contributed by atoms with Crippen LogP contribution in [0, 0.1) is 10.8 Å². The lowest BCUT2D eigenvalue weighted by Gasteiger charge is -2.39. The van der Waals surface area contributed by atoms with Crippen LogP contribution in [0.25, 0.3) is 0 Å². The van der Waals surface area contributed by atoms with Crippen LogP contribution in [0.4, 0.5) is 0 Å². The molecule has 0 aliphatic carbocycles. The number of rotatable bonds is 11. The molecule has 2 nitrogen and oxygen atoms in total. The van der Waals surface area contributed by atoms with Crippen molar-refractivity contribution in [1.82, 2.24) is 0 Å². The number of hydrogen-bond donors (Lipinski definition) is 0. The molecule has 1 unspecified atom stereocenters. The van der Waals surface area contributed by atoms with Crippen molar-refractivity contribution >= 4 is 5.97 Å². The molecule has 2 heteroatoms. The molecule has 0 aliphatic heterocycles. The summed E-state index contributed by atoms with van der Waals surface area (Å²) in [5, 5.41) is 0. The SMILES string of the molecule is CCCCC(CCCC)c1ccc(OC(=O)C(C)(CCC)C(C)(C)C)cc1. The molecule has 0 radical (unpaired) electrons. The van der Waals surface area contributed by atoms with Gasteiger partial charge in [0.1, 0.15) is 5.75 Å². The number of carbonyl (C=O) groups excluding carboxylic acids is 1. The van der Waals surface area contributed by atoms with Crippen molar-refractivity contribution in [3.63, 3.8) is 0 Å². The Morgan fingerprint density at radius 1 is 0.889 bits per heavy atom. The summed E-state index contributed by atoms with van der Waals surface area (Å²) in [6.07, 6.45) is 9.31. The van der Waals surface area contributed by atoms with Crippen LogP contribution in [0.5, 0.6) is 5.75 Å². The summed E-state index contributed by atoms with van der Waals surface area (Å²) < 4.78 is 5.82. The molecule has 0 aliphatic rings. The molecule has 0 aromatic heterocycles. The lowest BCUT2D eigenvalue weighted by Crippen LogP contribution is -2.43. The Labute approximate surface area is 168 Å². The molecule has 0 spiro atoms. The summed E-state index contributed by atoms with van der Waals surface area (Å²) in [6, 6.07) is 8.28. The van der Waals surface area contributed by atoms with E-state index in [1.54, 1.807) is 0 Å². The Balaban J connectivity index is 2.89. The van der Waals surface area contributed by atoms with Gasteiger partial charge in [-0.15, -0.1) is 0 Å². The van der Waals surface area contributed by atoms with Gasteiger partial charge in [0.05, 0.1) is 5.41 Å². The third-order valence-corrected chi connectivity index (χ3v) is 6.23. The second kappa shape index (κ2) is 10.9. The third-order valence-electron chi connectivity index (χ3n) is 6.23. The lowest BCUT2D eigenvalue weighted by molar-refractivity contribution is -0.152. The fraction of sp³-hybridized carbons (Fsp3) is 0.720. The second-order valence-corrected chi connectivity index (χ2v) is 9.27. The first kappa shape index (κ1) is 23.7. The lowest BCUT2D eigenvalue weighted by atomic mass is 9.65. The number of esters is 1. The van der Waals surface area contributed by atoms with Gasteiger partial charge in [0.25, 0.3) is 0 Å². The van der Waals surface area contributed by atoms with Crippen molar-refractivity contribution in [2.45, 2.75) is 106 Å². The predicted molar refractivity (Wildman–Crippen MR) is 116 cm³/mol. The number of ether oxygens (including phenoxy) is 1. The van der Waals surface area contributed by atoms with E-state index in [0.29, 0.717) is 11.7 Å². The number of carbonyl (C=O) groups is 1. The largest absolute Gasteiger partial charge is 0.426 e. The molecule has 0 heterocycles. The standard InChI is InChI=1S/C25H42O2/c1-8-11-13-20(14-12-9-2)21-15-17-22(18-16-21)27-23(26)25(7,19-10-3)24(4,5)6/h15-18,20H,8-14,19H2,1-7H3. The first-order valence-electron chi connectivity index (χ1n) is 11.0. The van der Waals surface area contributed by atoms with Crippen LogP contribution < -0.4 is 4.74 Å². The fourth-order valence-corrected chi connectivity index (χ4v) is 3.69. The molecular weight excluding hydrogens is 332 g/mol. The van der Waals surface area contributed by atoms with Crippen LogP contribution in [-0.4, -0.2) is 5.97 Å². The van der Waals surface area contributed by atoms with E-state index in [2.05, 4.69) is 53.7 Å². The molecule has 27 heavy (non-hydrogen) atoms. The average Bonchev–Trinajstić information content (AvgIpc) is 2.62. The molecule has 1 atom stereocenters. The van der Waals surface area contributed by atoms with Crippen molar-refractivity contribution < 1.29 is 9.53 Å². The molecule has 154 valence electrons. The fourth-order valence-electron chi connectivity index (χ4n) is 3.69.